The third kappa shape index (κ3) is 3.86. The maximum absolute atomic E-state index is 12.7. The smallest absolute Gasteiger partial charge is 0.268 e. The Morgan fingerprint density at radius 1 is 1.22 bits per heavy atom. The maximum atomic E-state index is 12.7. The lowest BCUT2D eigenvalue weighted by molar-refractivity contribution is 0.0943. The van der Waals surface area contributed by atoms with Crippen LogP contribution in [0, 0.1) is 0 Å². The first kappa shape index (κ1) is 19.1. The highest BCUT2D eigenvalue weighted by atomic mass is 35.5. The molecule has 3 rings (SSSR count). The van der Waals surface area contributed by atoms with Crippen LogP contribution in [0.25, 0.3) is 16.7 Å². The number of hydrogen-bond donors (Lipinski definition) is 2. The average Bonchev–Trinajstić information content (AvgIpc) is 2.95. The summed E-state index contributed by atoms with van der Waals surface area (Å²) in [4.78, 5) is 12.7. The first-order valence-electron chi connectivity index (χ1n) is 8.82. The van der Waals surface area contributed by atoms with Gasteiger partial charge in [-0.05, 0) is 35.2 Å². The van der Waals surface area contributed by atoms with Crippen LogP contribution in [-0.4, -0.2) is 15.6 Å². The first-order valence-corrected chi connectivity index (χ1v) is 9.20. The second-order valence-corrected chi connectivity index (χ2v) is 7.43. The van der Waals surface area contributed by atoms with E-state index in [1.165, 1.54) is 0 Å². The van der Waals surface area contributed by atoms with Gasteiger partial charge in [0.1, 0.15) is 11.5 Å². The van der Waals surface area contributed by atoms with Gasteiger partial charge < -0.3 is 15.0 Å². The Labute approximate surface area is 164 Å². The number of amides is 1. The van der Waals surface area contributed by atoms with Crippen LogP contribution >= 0.6 is 11.6 Å². The molecule has 2 N–H and O–H groups in total. The van der Waals surface area contributed by atoms with Gasteiger partial charge in [0, 0.05) is 35.1 Å². The maximum Gasteiger partial charge on any atom is 0.268 e. The number of aromatic nitrogens is 1. The number of nitrogens with zero attached hydrogens (tertiary/aromatic N) is 1. The van der Waals surface area contributed by atoms with Crippen molar-refractivity contribution in [3.63, 3.8) is 0 Å². The summed E-state index contributed by atoms with van der Waals surface area (Å²) in [6.07, 6.45) is 0. The van der Waals surface area contributed by atoms with Crippen molar-refractivity contribution in [2.24, 2.45) is 7.05 Å². The zero-order chi connectivity index (χ0) is 19.7. The fourth-order valence-corrected chi connectivity index (χ4v) is 3.42. The van der Waals surface area contributed by atoms with Gasteiger partial charge in [0.15, 0.2) is 0 Å². The fourth-order valence-electron chi connectivity index (χ4n) is 3.26. The van der Waals surface area contributed by atoms with Crippen molar-refractivity contribution in [1.82, 2.24) is 9.88 Å². The molecule has 140 valence electrons. The second-order valence-electron chi connectivity index (χ2n) is 7.00. The Kier molecular flexibility index (Phi) is 5.29. The number of benzene rings is 2. The first-order chi connectivity index (χ1) is 12.8. The van der Waals surface area contributed by atoms with Gasteiger partial charge in [0.25, 0.3) is 5.91 Å². The van der Waals surface area contributed by atoms with Crippen LogP contribution < -0.4 is 5.32 Å². The standard InChI is InChI=1S/C22H23ClN2O2/c1-13(2)19-9-15(5-8-18(19)14(3)26)12-24-22(27)21-10-16-6-7-17(23)11-20(16)25(21)4/h5-11,13,26H,3,12H2,1-2,4H3,(H,24,27). The van der Waals surface area contributed by atoms with Crippen LogP contribution in [0.4, 0.5) is 0 Å². The summed E-state index contributed by atoms with van der Waals surface area (Å²) < 4.78 is 1.84. The number of carbonyl (C=O) groups is 1. The molecule has 0 atom stereocenters. The van der Waals surface area contributed by atoms with E-state index in [1.807, 2.05) is 54.1 Å². The summed E-state index contributed by atoms with van der Waals surface area (Å²) >= 11 is 6.06. The summed E-state index contributed by atoms with van der Waals surface area (Å²) in [7, 11) is 1.85. The Morgan fingerprint density at radius 3 is 2.63 bits per heavy atom. The van der Waals surface area contributed by atoms with E-state index in [4.69, 9.17) is 11.6 Å². The lowest BCUT2D eigenvalue weighted by atomic mass is 9.94. The predicted octanol–water partition coefficient (Wildman–Crippen LogP) is 5.41. The van der Waals surface area contributed by atoms with Crippen LogP contribution in [-0.2, 0) is 13.6 Å². The Hall–Kier alpha value is -2.72. The van der Waals surface area contributed by atoms with Crippen molar-refractivity contribution in [2.45, 2.75) is 26.3 Å². The van der Waals surface area contributed by atoms with Gasteiger partial charge in [0.05, 0.1) is 0 Å². The summed E-state index contributed by atoms with van der Waals surface area (Å²) in [5, 5.41) is 14.3. The Balaban J connectivity index is 1.81. The van der Waals surface area contributed by atoms with Crippen molar-refractivity contribution in [1.29, 1.82) is 0 Å². The molecule has 0 fully saturated rings. The normalized spacial score (nSPS) is 11.1. The van der Waals surface area contributed by atoms with E-state index in [0.29, 0.717) is 17.3 Å². The van der Waals surface area contributed by atoms with Gasteiger partial charge >= 0.3 is 0 Å². The SMILES string of the molecule is C=C(O)c1ccc(CNC(=O)c2cc3ccc(Cl)cc3n2C)cc1C(C)C. The van der Waals surface area contributed by atoms with Crippen LogP contribution in [0.15, 0.2) is 49.0 Å². The largest absolute Gasteiger partial charge is 0.508 e. The van der Waals surface area contributed by atoms with E-state index in [-0.39, 0.29) is 17.6 Å². The molecule has 1 heterocycles. The number of nitrogens with one attached hydrogen (secondary N) is 1. The zero-order valence-electron chi connectivity index (χ0n) is 15.7. The van der Waals surface area contributed by atoms with Crippen molar-refractivity contribution >= 4 is 34.2 Å². The number of rotatable bonds is 5. The van der Waals surface area contributed by atoms with Crippen molar-refractivity contribution in [3.05, 3.63) is 76.5 Å². The second kappa shape index (κ2) is 7.49. The Bertz CT molecular complexity index is 1030. The fraction of sp³-hybridized carbons (Fsp3) is 0.227. The van der Waals surface area contributed by atoms with E-state index < -0.39 is 0 Å². The molecule has 0 bridgehead atoms. The van der Waals surface area contributed by atoms with Crippen LogP contribution in [0.5, 0.6) is 0 Å². The molecular weight excluding hydrogens is 360 g/mol. The molecule has 0 unspecified atom stereocenters. The van der Waals surface area contributed by atoms with Crippen molar-refractivity contribution in [3.8, 4) is 0 Å². The molecule has 1 aromatic heterocycles. The van der Waals surface area contributed by atoms with E-state index in [9.17, 15) is 9.90 Å². The minimum absolute atomic E-state index is 0.0587. The molecule has 0 aliphatic heterocycles. The summed E-state index contributed by atoms with van der Waals surface area (Å²) in [5.41, 5.74) is 4.22. The summed E-state index contributed by atoms with van der Waals surface area (Å²) in [5.74, 6) is 0.150. The van der Waals surface area contributed by atoms with Gasteiger partial charge in [0.2, 0.25) is 0 Å². The number of aliphatic hydroxyl groups is 1. The molecule has 0 aliphatic carbocycles. The van der Waals surface area contributed by atoms with Crippen LogP contribution in [0.2, 0.25) is 5.02 Å². The van der Waals surface area contributed by atoms with E-state index in [0.717, 1.165) is 27.6 Å². The minimum Gasteiger partial charge on any atom is -0.508 e. The highest BCUT2D eigenvalue weighted by molar-refractivity contribution is 6.31. The average molecular weight is 383 g/mol. The molecule has 1 amide bonds. The van der Waals surface area contributed by atoms with Gasteiger partial charge in [-0.15, -0.1) is 0 Å². The van der Waals surface area contributed by atoms with Gasteiger partial charge in [-0.2, -0.15) is 0 Å². The molecule has 0 aliphatic rings. The number of hydrogen-bond acceptors (Lipinski definition) is 2. The molecule has 2 aromatic carbocycles. The molecule has 0 spiro atoms. The lowest BCUT2D eigenvalue weighted by Gasteiger charge is -2.14. The zero-order valence-corrected chi connectivity index (χ0v) is 16.5. The van der Waals surface area contributed by atoms with Gasteiger partial charge in [-0.3, -0.25) is 4.79 Å². The summed E-state index contributed by atoms with van der Waals surface area (Å²) in [6.45, 7) is 8.14. The molecule has 3 aromatic rings. The predicted molar refractivity (Wildman–Crippen MR) is 111 cm³/mol. The highest BCUT2D eigenvalue weighted by Gasteiger charge is 2.14. The summed E-state index contributed by atoms with van der Waals surface area (Å²) in [6, 6.07) is 13.2. The molecular formula is C22H23ClN2O2. The van der Waals surface area contributed by atoms with Gasteiger partial charge in [-0.25, -0.2) is 0 Å². The minimum atomic E-state index is -0.147. The molecule has 0 radical (unpaired) electrons. The van der Waals surface area contributed by atoms with E-state index in [2.05, 4.69) is 25.7 Å². The molecule has 27 heavy (non-hydrogen) atoms. The van der Waals surface area contributed by atoms with Crippen LogP contribution in [0.1, 0.15) is 46.9 Å². The third-order valence-electron chi connectivity index (χ3n) is 4.74. The highest BCUT2D eigenvalue weighted by Crippen LogP contribution is 2.25. The van der Waals surface area contributed by atoms with Crippen molar-refractivity contribution in [2.75, 3.05) is 0 Å². The number of aryl methyl sites for hydroxylation is 1. The lowest BCUT2D eigenvalue weighted by Crippen LogP contribution is -2.25. The van der Waals surface area contributed by atoms with E-state index in [1.54, 1.807) is 0 Å². The number of carbonyl (C=O) groups excluding carboxylic acids is 1. The third-order valence-corrected chi connectivity index (χ3v) is 4.98. The number of halogens is 1. The number of fused-ring (bicyclic) bond motifs is 1. The number of aliphatic hydroxyl groups excluding tert-OH is 1. The monoisotopic (exact) mass is 382 g/mol. The van der Waals surface area contributed by atoms with Crippen LogP contribution in [0.3, 0.4) is 0 Å². The Morgan fingerprint density at radius 2 is 1.96 bits per heavy atom. The molecule has 5 heteroatoms. The van der Waals surface area contributed by atoms with Crippen molar-refractivity contribution < 1.29 is 9.90 Å². The van der Waals surface area contributed by atoms with E-state index >= 15 is 0 Å². The molecule has 4 nitrogen and oxygen atoms in total. The molecule has 0 saturated heterocycles. The topological polar surface area (TPSA) is 54.3 Å². The quantitative estimate of drug-likeness (QED) is 0.579. The van der Waals surface area contributed by atoms with Gasteiger partial charge in [-0.1, -0.05) is 56.3 Å². The molecule has 0 saturated carbocycles.